The molecule has 0 unspecified atom stereocenters. The van der Waals surface area contributed by atoms with E-state index in [2.05, 4.69) is 6.92 Å². The van der Waals surface area contributed by atoms with E-state index in [4.69, 9.17) is 11.1 Å². The number of nitrogens with one attached hydrogen (secondary N) is 1. The summed E-state index contributed by atoms with van der Waals surface area (Å²) in [4.78, 5) is 1.11. The molecule has 3 N–H and O–H groups in total. The summed E-state index contributed by atoms with van der Waals surface area (Å²) < 4.78 is 0. The first-order chi connectivity index (χ1) is 6.25. The minimum Gasteiger partial charge on any atom is -0.384 e. The molecule has 0 aliphatic heterocycles. The zero-order chi connectivity index (χ0) is 9.68. The molecule has 0 bridgehead atoms. The molecule has 13 heavy (non-hydrogen) atoms. The number of benzene rings is 1. The smallest absolute Gasteiger partial charge is 0.123 e. The summed E-state index contributed by atoms with van der Waals surface area (Å²) in [6.07, 6.45) is 1.14. The normalized spacial score (nSPS) is 9.92. The van der Waals surface area contributed by atoms with E-state index in [1.54, 1.807) is 11.8 Å². The van der Waals surface area contributed by atoms with E-state index in [0.29, 0.717) is 0 Å². The van der Waals surface area contributed by atoms with E-state index in [1.165, 1.54) is 0 Å². The maximum atomic E-state index is 7.38. The largest absolute Gasteiger partial charge is 0.384 e. The Morgan fingerprint density at radius 2 is 2.15 bits per heavy atom. The summed E-state index contributed by atoms with van der Waals surface area (Å²) in [5.74, 6) is 1.23. The maximum absolute atomic E-state index is 7.38. The molecule has 0 aromatic heterocycles. The van der Waals surface area contributed by atoms with Gasteiger partial charge in [0.1, 0.15) is 5.84 Å². The minimum atomic E-state index is 0.152. The molecule has 0 saturated heterocycles. The molecule has 0 heterocycles. The van der Waals surface area contributed by atoms with Crippen LogP contribution in [-0.4, -0.2) is 11.6 Å². The van der Waals surface area contributed by atoms with Gasteiger partial charge in [-0.3, -0.25) is 5.41 Å². The third kappa shape index (κ3) is 2.77. The Morgan fingerprint density at radius 3 is 2.77 bits per heavy atom. The number of hydrogen-bond acceptors (Lipinski definition) is 2. The van der Waals surface area contributed by atoms with Crippen molar-refractivity contribution in [3.8, 4) is 0 Å². The van der Waals surface area contributed by atoms with Crippen LogP contribution >= 0.6 is 11.8 Å². The van der Waals surface area contributed by atoms with Gasteiger partial charge in [0, 0.05) is 10.5 Å². The number of rotatable bonds is 4. The standard InChI is InChI=1S/C10H14N2S/c1-2-7-13-9-6-4-3-5-8(9)10(11)12/h3-6H,2,7H2,1H3,(H3,11,12). The highest BCUT2D eigenvalue weighted by molar-refractivity contribution is 7.99. The van der Waals surface area contributed by atoms with Gasteiger partial charge in [0.15, 0.2) is 0 Å². The summed E-state index contributed by atoms with van der Waals surface area (Å²) in [5.41, 5.74) is 6.30. The summed E-state index contributed by atoms with van der Waals surface area (Å²) in [6, 6.07) is 7.79. The Balaban J connectivity index is 2.84. The SMILES string of the molecule is CCCSc1ccccc1C(=N)N. The molecule has 0 atom stereocenters. The molecular formula is C10H14N2S. The van der Waals surface area contributed by atoms with Crippen molar-refractivity contribution in [1.29, 1.82) is 5.41 Å². The first-order valence-corrected chi connectivity index (χ1v) is 5.30. The molecule has 0 amide bonds. The van der Waals surface area contributed by atoms with E-state index < -0.39 is 0 Å². The Morgan fingerprint density at radius 1 is 1.46 bits per heavy atom. The minimum absolute atomic E-state index is 0.152. The van der Waals surface area contributed by atoms with Crippen molar-refractivity contribution in [2.75, 3.05) is 5.75 Å². The average Bonchev–Trinajstić information content (AvgIpc) is 2.15. The summed E-state index contributed by atoms with van der Waals surface area (Å²) in [7, 11) is 0. The fraction of sp³-hybridized carbons (Fsp3) is 0.300. The topological polar surface area (TPSA) is 49.9 Å². The average molecular weight is 194 g/mol. The van der Waals surface area contributed by atoms with Gasteiger partial charge in [-0.15, -0.1) is 11.8 Å². The van der Waals surface area contributed by atoms with Crippen molar-refractivity contribution < 1.29 is 0 Å². The van der Waals surface area contributed by atoms with Gasteiger partial charge in [0.2, 0.25) is 0 Å². The lowest BCUT2D eigenvalue weighted by molar-refractivity contribution is 1.10. The molecule has 0 fully saturated rings. The van der Waals surface area contributed by atoms with Gasteiger partial charge in [-0.2, -0.15) is 0 Å². The highest BCUT2D eigenvalue weighted by atomic mass is 32.2. The fourth-order valence-electron chi connectivity index (χ4n) is 1.03. The van der Waals surface area contributed by atoms with Gasteiger partial charge < -0.3 is 5.73 Å². The predicted molar refractivity (Wildman–Crippen MR) is 58.5 cm³/mol. The quantitative estimate of drug-likeness (QED) is 0.439. The van der Waals surface area contributed by atoms with Crippen LogP contribution in [0.5, 0.6) is 0 Å². The van der Waals surface area contributed by atoms with Gasteiger partial charge >= 0.3 is 0 Å². The lowest BCUT2D eigenvalue weighted by Gasteiger charge is -2.05. The molecule has 0 aliphatic rings. The number of amidine groups is 1. The van der Waals surface area contributed by atoms with Crippen LogP contribution in [0, 0.1) is 5.41 Å². The molecule has 1 aromatic rings. The molecule has 1 aromatic carbocycles. The first-order valence-electron chi connectivity index (χ1n) is 4.32. The van der Waals surface area contributed by atoms with Crippen molar-refractivity contribution in [3.05, 3.63) is 29.8 Å². The van der Waals surface area contributed by atoms with Crippen LogP contribution < -0.4 is 5.73 Å². The highest BCUT2D eigenvalue weighted by Crippen LogP contribution is 2.22. The lowest BCUT2D eigenvalue weighted by atomic mass is 10.2. The molecule has 70 valence electrons. The van der Waals surface area contributed by atoms with Crippen LogP contribution in [-0.2, 0) is 0 Å². The van der Waals surface area contributed by atoms with Gasteiger partial charge in [-0.25, -0.2) is 0 Å². The Bertz CT molecular complexity index is 297. The molecule has 0 radical (unpaired) electrons. The van der Waals surface area contributed by atoms with Crippen molar-refractivity contribution in [2.45, 2.75) is 18.2 Å². The van der Waals surface area contributed by atoms with Crippen molar-refractivity contribution >= 4 is 17.6 Å². The monoisotopic (exact) mass is 194 g/mol. The third-order valence-corrected chi connectivity index (χ3v) is 2.92. The van der Waals surface area contributed by atoms with Crippen LogP contribution in [0.25, 0.3) is 0 Å². The van der Waals surface area contributed by atoms with Crippen LogP contribution in [0.15, 0.2) is 29.2 Å². The van der Waals surface area contributed by atoms with Crippen molar-refractivity contribution in [1.82, 2.24) is 0 Å². The summed E-state index contributed by atoms with van der Waals surface area (Å²) in [6.45, 7) is 2.14. The van der Waals surface area contributed by atoms with Crippen LogP contribution in [0.3, 0.4) is 0 Å². The maximum Gasteiger partial charge on any atom is 0.123 e. The number of nitrogen functional groups attached to an aromatic ring is 1. The second-order valence-corrected chi connectivity index (χ2v) is 3.90. The molecule has 1 rings (SSSR count). The Kier molecular flexibility index (Phi) is 3.83. The zero-order valence-corrected chi connectivity index (χ0v) is 8.53. The van der Waals surface area contributed by atoms with Gasteiger partial charge in [0.25, 0.3) is 0 Å². The zero-order valence-electron chi connectivity index (χ0n) is 7.71. The molecule has 0 saturated carbocycles. The molecule has 0 aliphatic carbocycles. The molecule has 3 heteroatoms. The lowest BCUT2D eigenvalue weighted by Crippen LogP contribution is -2.12. The van der Waals surface area contributed by atoms with Crippen LogP contribution in [0.4, 0.5) is 0 Å². The summed E-state index contributed by atoms with van der Waals surface area (Å²) >= 11 is 1.75. The second-order valence-electron chi connectivity index (χ2n) is 2.76. The van der Waals surface area contributed by atoms with Gasteiger partial charge in [-0.1, -0.05) is 25.1 Å². The first kappa shape index (κ1) is 10.1. The van der Waals surface area contributed by atoms with E-state index in [-0.39, 0.29) is 5.84 Å². The molecule has 2 nitrogen and oxygen atoms in total. The number of hydrogen-bond donors (Lipinski definition) is 2. The Labute approximate surface area is 83.0 Å². The number of thioether (sulfide) groups is 1. The predicted octanol–water partition coefficient (Wildman–Crippen LogP) is 2.47. The van der Waals surface area contributed by atoms with Gasteiger partial charge in [0.05, 0.1) is 0 Å². The summed E-state index contributed by atoms with van der Waals surface area (Å²) in [5, 5.41) is 7.38. The van der Waals surface area contributed by atoms with E-state index >= 15 is 0 Å². The molecular weight excluding hydrogens is 180 g/mol. The molecule has 0 spiro atoms. The van der Waals surface area contributed by atoms with Crippen molar-refractivity contribution in [2.24, 2.45) is 5.73 Å². The van der Waals surface area contributed by atoms with Crippen LogP contribution in [0.1, 0.15) is 18.9 Å². The van der Waals surface area contributed by atoms with E-state index in [9.17, 15) is 0 Å². The second kappa shape index (κ2) is 4.92. The van der Waals surface area contributed by atoms with E-state index in [0.717, 1.165) is 22.6 Å². The Hall–Kier alpha value is -0.960. The van der Waals surface area contributed by atoms with Gasteiger partial charge in [-0.05, 0) is 18.2 Å². The van der Waals surface area contributed by atoms with Crippen molar-refractivity contribution in [3.63, 3.8) is 0 Å². The third-order valence-electron chi connectivity index (χ3n) is 1.64. The highest BCUT2D eigenvalue weighted by Gasteiger charge is 2.03. The van der Waals surface area contributed by atoms with Crippen LogP contribution in [0.2, 0.25) is 0 Å². The fourth-order valence-corrected chi connectivity index (χ4v) is 1.96. The van der Waals surface area contributed by atoms with E-state index in [1.807, 2.05) is 24.3 Å². The number of nitrogens with two attached hydrogens (primary N) is 1.